The van der Waals surface area contributed by atoms with Gasteiger partial charge in [0.1, 0.15) is 11.3 Å². The highest BCUT2D eigenvalue weighted by Crippen LogP contribution is 2.35. The molecule has 27 heavy (non-hydrogen) atoms. The summed E-state index contributed by atoms with van der Waals surface area (Å²) in [6.07, 6.45) is 1.18. The number of aryl methyl sites for hydroxylation is 1. The molecule has 1 heterocycles. The summed E-state index contributed by atoms with van der Waals surface area (Å²) >= 11 is 0. The van der Waals surface area contributed by atoms with Crippen molar-refractivity contribution in [1.82, 2.24) is 5.43 Å². The molecule has 1 aliphatic rings. The normalized spacial score (nSPS) is 15.2. The summed E-state index contributed by atoms with van der Waals surface area (Å²) in [6, 6.07) is 9.16. The molecule has 0 bridgehead atoms. The number of carbonyl (C=O) groups excluding carboxylic acids is 2. The lowest BCUT2D eigenvalue weighted by atomic mass is 10.1. The van der Waals surface area contributed by atoms with Gasteiger partial charge in [-0.05, 0) is 36.8 Å². The molecular weight excluding hydrogens is 354 g/mol. The number of nitro benzene ring substituents is 1. The van der Waals surface area contributed by atoms with E-state index in [1.54, 1.807) is 24.3 Å². The molecule has 0 unspecified atom stereocenters. The largest absolute Gasteiger partial charge is 0.865 e. The van der Waals surface area contributed by atoms with Crippen molar-refractivity contribution in [2.45, 2.75) is 6.92 Å². The molecule has 0 aromatic heterocycles. The summed E-state index contributed by atoms with van der Waals surface area (Å²) in [5, 5.41) is 24.0. The van der Waals surface area contributed by atoms with Crippen LogP contribution in [0.2, 0.25) is 0 Å². The van der Waals surface area contributed by atoms with Crippen molar-refractivity contribution < 1.29 is 24.4 Å². The van der Waals surface area contributed by atoms with Crippen LogP contribution in [0, 0.1) is 17.0 Å². The molecule has 0 saturated carbocycles. The zero-order valence-corrected chi connectivity index (χ0v) is 14.4. The summed E-state index contributed by atoms with van der Waals surface area (Å²) in [5.41, 5.74) is 3.10. The highest BCUT2D eigenvalue weighted by atomic mass is 16.6. The Balaban J connectivity index is 2.01. The van der Waals surface area contributed by atoms with Crippen molar-refractivity contribution in [2.24, 2.45) is 0 Å². The van der Waals surface area contributed by atoms with Crippen LogP contribution in [0.3, 0.4) is 0 Å². The molecule has 2 aromatic rings. The van der Waals surface area contributed by atoms with Gasteiger partial charge in [-0.1, -0.05) is 17.7 Å². The molecule has 0 radical (unpaired) electrons. The SMILES string of the molecule is COc1cc(/C=C2\C(=O)NN(c3ccc(C)cc3)C2=O)cc([N+](=O)[O-])c1[O-]. The average molecular weight is 368 g/mol. The Bertz CT molecular complexity index is 981. The van der Waals surface area contributed by atoms with E-state index in [-0.39, 0.29) is 16.9 Å². The number of amides is 2. The minimum atomic E-state index is -0.881. The van der Waals surface area contributed by atoms with Crippen molar-refractivity contribution in [3.05, 3.63) is 63.2 Å². The van der Waals surface area contributed by atoms with Crippen molar-refractivity contribution in [1.29, 1.82) is 0 Å². The predicted molar refractivity (Wildman–Crippen MR) is 93.9 cm³/mol. The van der Waals surface area contributed by atoms with E-state index in [0.29, 0.717) is 5.69 Å². The molecule has 0 aliphatic carbocycles. The minimum Gasteiger partial charge on any atom is -0.865 e. The van der Waals surface area contributed by atoms with E-state index in [0.717, 1.165) is 16.6 Å². The second-order valence-electron chi connectivity index (χ2n) is 5.80. The number of nitrogens with zero attached hydrogens (tertiary/aromatic N) is 2. The van der Waals surface area contributed by atoms with Gasteiger partial charge in [0.2, 0.25) is 0 Å². The second kappa shape index (κ2) is 6.79. The van der Waals surface area contributed by atoms with Crippen LogP contribution in [0.5, 0.6) is 11.5 Å². The molecule has 2 amide bonds. The third-order valence-corrected chi connectivity index (χ3v) is 3.97. The average Bonchev–Trinajstić information content (AvgIpc) is 2.91. The van der Waals surface area contributed by atoms with Crippen LogP contribution < -0.4 is 20.3 Å². The summed E-state index contributed by atoms with van der Waals surface area (Å²) in [6.45, 7) is 1.89. The summed E-state index contributed by atoms with van der Waals surface area (Å²) < 4.78 is 4.85. The fraction of sp³-hybridized carbons (Fsp3) is 0.111. The number of hydrogen-bond acceptors (Lipinski definition) is 6. The molecule has 1 saturated heterocycles. The summed E-state index contributed by atoms with van der Waals surface area (Å²) in [5.74, 6) is -2.41. The van der Waals surface area contributed by atoms with E-state index < -0.39 is 28.2 Å². The Morgan fingerprint density at radius 3 is 2.44 bits per heavy atom. The van der Waals surface area contributed by atoms with Gasteiger partial charge in [-0.15, -0.1) is 0 Å². The molecule has 138 valence electrons. The zero-order valence-electron chi connectivity index (χ0n) is 14.4. The first-order chi connectivity index (χ1) is 12.8. The molecule has 2 aromatic carbocycles. The maximum absolute atomic E-state index is 12.6. The van der Waals surface area contributed by atoms with Crippen LogP contribution in [0.4, 0.5) is 11.4 Å². The summed E-state index contributed by atoms with van der Waals surface area (Å²) in [4.78, 5) is 35.0. The van der Waals surface area contributed by atoms with Gasteiger partial charge in [-0.3, -0.25) is 25.1 Å². The molecule has 3 rings (SSSR count). The third-order valence-electron chi connectivity index (χ3n) is 3.97. The van der Waals surface area contributed by atoms with Gasteiger partial charge in [0.05, 0.1) is 17.7 Å². The van der Waals surface area contributed by atoms with E-state index in [1.807, 2.05) is 6.92 Å². The number of nitro groups is 1. The molecular formula is C18H14N3O6-. The number of hydrazine groups is 1. The third kappa shape index (κ3) is 3.30. The van der Waals surface area contributed by atoms with Gasteiger partial charge in [-0.25, -0.2) is 5.01 Å². The number of anilines is 1. The molecule has 9 nitrogen and oxygen atoms in total. The van der Waals surface area contributed by atoms with Crippen LogP contribution in [0.1, 0.15) is 11.1 Å². The van der Waals surface area contributed by atoms with Gasteiger partial charge in [-0.2, -0.15) is 0 Å². The molecule has 0 atom stereocenters. The number of carbonyl (C=O) groups is 2. The molecule has 1 N–H and O–H groups in total. The van der Waals surface area contributed by atoms with Crippen LogP contribution in [0.25, 0.3) is 6.08 Å². The maximum atomic E-state index is 12.6. The summed E-state index contributed by atoms with van der Waals surface area (Å²) in [7, 11) is 1.20. The van der Waals surface area contributed by atoms with Crippen molar-refractivity contribution in [2.75, 3.05) is 12.1 Å². The molecule has 0 spiro atoms. The lowest BCUT2D eigenvalue weighted by Crippen LogP contribution is -2.35. The number of methoxy groups -OCH3 is 1. The van der Waals surface area contributed by atoms with Gasteiger partial charge in [0.15, 0.2) is 0 Å². The quantitative estimate of drug-likeness (QED) is 0.377. The van der Waals surface area contributed by atoms with Crippen LogP contribution in [-0.2, 0) is 9.59 Å². The van der Waals surface area contributed by atoms with Gasteiger partial charge in [0.25, 0.3) is 17.5 Å². The van der Waals surface area contributed by atoms with Gasteiger partial charge < -0.3 is 9.84 Å². The van der Waals surface area contributed by atoms with Crippen molar-refractivity contribution >= 4 is 29.3 Å². The van der Waals surface area contributed by atoms with Gasteiger partial charge >= 0.3 is 0 Å². The zero-order chi connectivity index (χ0) is 19.7. The first-order valence-electron chi connectivity index (χ1n) is 7.79. The molecule has 9 heteroatoms. The van der Waals surface area contributed by atoms with Crippen molar-refractivity contribution in [3.8, 4) is 11.5 Å². The minimum absolute atomic E-state index is 0.127. The van der Waals surface area contributed by atoms with E-state index in [4.69, 9.17) is 4.74 Å². The number of nitrogens with one attached hydrogen (secondary N) is 1. The van der Waals surface area contributed by atoms with Crippen LogP contribution in [0.15, 0.2) is 42.0 Å². The highest BCUT2D eigenvalue weighted by Gasteiger charge is 2.34. The Kier molecular flexibility index (Phi) is 4.51. The Hall–Kier alpha value is -3.88. The topological polar surface area (TPSA) is 125 Å². The van der Waals surface area contributed by atoms with Crippen LogP contribution in [-0.4, -0.2) is 23.8 Å². The maximum Gasteiger partial charge on any atom is 0.282 e. The highest BCUT2D eigenvalue weighted by molar-refractivity contribution is 6.31. The number of rotatable bonds is 4. The van der Waals surface area contributed by atoms with Crippen LogP contribution >= 0.6 is 0 Å². The first-order valence-corrected chi connectivity index (χ1v) is 7.79. The number of ether oxygens (including phenoxy) is 1. The Labute approximate surface area is 153 Å². The smallest absolute Gasteiger partial charge is 0.282 e. The molecule has 1 aliphatic heterocycles. The Morgan fingerprint density at radius 1 is 1.19 bits per heavy atom. The Morgan fingerprint density at radius 2 is 1.85 bits per heavy atom. The second-order valence-corrected chi connectivity index (χ2v) is 5.80. The van der Waals surface area contributed by atoms with Gasteiger partial charge in [0, 0.05) is 11.8 Å². The van der Waals surface area contributed by atoms with E-state index in [1.165, 1.54) is 19.3 Å². The first kappa shape index (κ1) is 17.9. The molecule has 1 fully saturated rings. The number of hydrogen-bond donors (Lipinski definition) is 1. The fourth-order valence-corrected chi connectivity index (χ4v) is 2.58. The van der Waals surface area contributed by atoms with Crippen molar-refractivity contribution in [3.63, 3.8) is 0 Å². The lowest BCUT2D eigenvalue weighted by molar-refractivity contribution is -0.398. The van der Waals surface area contributed by atoms with E-state index >= 15 is 0 Å². The van der Waals surface area contributed by atoms with E-state index in [9.17, 15) is 24.8 Å². The monoisotopic (exact) mass is 368 g/mol. The van der Waals surface area contributed by atoms with E-state index in [2.05, 4.69) is 5.43 Å². The number of benzene rings is 2. The predicted octanol–water partition coefficient (Wildman–Crippen LogP) is 1.45. The fourth-order valence-electron chi connectivity index (χ4n) is 2.58. The standard InChI is InChI=1S/C18H15N3O6/c1-10-3-5-12(6-4-10)20-18(24)13(17(23)19-20)7-11-8-14(21(25)26)16(22)15(9-11)27-2/h3-9,22H,1-2H3,(H,19,23)/p-1/b13-7+. The lowest BCUT2D eigenvalue weighted by Gasteiger charge is -2.14.